The van der Waals surface area contributed by atoms with E-state index in [-0.39, 0.29) is 17.9 Å². The van der Waals surface area contributed by atoms with Crippen LogP contribution in [0.15, 0.2) is 41.2 Å². The van der Waals surface area contributed by atoms with Crippen LogP contribution in [0.25, 0.3) is 11.3 Å². The molecule has 1 N–H and O–H groups in total. The first-order valence-corrected chi connectivity index (χ1v) is 7.45. The molecule has 3 rings (SSSR count). The van der Waals surface area contributed by atoms with Crippen LogP contribution in [0.4, 0.5) is 4.39 Å². The Hall–Kier alpha value is -2.52. The van der Waals surface area contributed by atoms with Gasteiger partial charge in [0.1, 0.15) is 5.82 Å². The van der Waals surface area contributed by atoms with E-state index in [0.717, 1.165) is 12.8 Å². The van der Waals surface area contributed by atoms with Crippen LogP contribution in [-0.4, -0.2) is 21.0 Å². The van der Waals surface area contributed by atoms with Crippen LogP contribution in [0.3, 0.4) is 0 Å². The summed E-state index contributed by atoms with van der Waals surface area (Å²) in [6.07, 6.45) is 1.13. The van der Waals surface area contributed by atoms with Crippen molar-refractivity contribution in [1.29, 1.82) is 5.26 Å². The molecule has 5 nitrogen and oxygen atoms in total. The molecule has 23 heavy (non-hydrogen) atoms. The van der Waals surface area contributed by atoms with Crippen LogP contribution in [0, 0.1) is 22.6 Å². The second kappa shape index (κ2) is 5.94. The first-order chi connectivity index (χ1) is 11.0. The lowest BCUT2D eigenvalue weighted by molar-refractivity contribution is 0.122. The first-order valence-electron chi connectivity index (χ1n) is 7.45. The summed E-state index contributed by atoms with van der Waals surface area (Å²) in [5.41, 5.74) is 0.456. The third-order valence-corrected chi connectivity index (χ3v) is 4.11. The maximum Gasteiger partial charge on any atom is 0.266 e. The highest BCUT2D eigenvalue weighted by Crippen LogP contribution is 2.48. The Labute approximate surface area is 132 Å². The highest BCUT2D eigenvalue weighted by molar-refractivity contribution is 5.57. The van der Waals surface area contributed by atoms with Gasteiger partial charge in [-0.1, -0.05) is 0 Å². The summed E-state index contributed by atoms with van der Waals surface area (Å²) in [7, 11) is 0. The van der Waals surface area contributed by atoms with Gasteiger partial charge in [0.15, 0.2) is 0 Å². The number of halogens is 1. The van der Waals surface area contributed by atoms with Crippen LogP contribution in [0.1, 0.15) is 19.3 Å². The molecule has 1 aromatic carbocycles. The molecule has 1 unspecified atom stereocenters. The van der Waals surface area contributed by atoms with E-state index in [4.69, 9.17) is 5.26 Å². The number of aromatic nitrogens is 2. The fraction of sp³-hybridized carbons (Fsp3) is 0.353. The third-order valence-electron chi connectivity index (χ3n) is 4.11. The fourth-order valence-electron chi connectivity index (χ4n) is 2.58. The van der Waals surface area contributed by atoms with Gasteiger partial charge in [-0.2, -0.15) is 10.4 Å². The molecule has 1 saturated carbocycles. The number of nitrogens with zero attached hydrogens (tertiary/aromatic N) is 3. The van der Waals surface area contributed by atoms with E-state index in [1.54, 1.807) is 18.2 Å². The van der Waals surface area contributed by atoms with E-state index >= 15 is 0 Å². The Morgan fingerprint density at radius 2 is 2.00 bits per heavy atom. The third kappa shape index (κ3) is 3.46. The highest BCUT2D eigenvalue weighted by atomic mass is 19.1. The summed E-state index contributed by atoms with van der Waals surface area (Å²) in [6.45, 7) is 0.0390. The van der Waals surface area contributed by atoms with Gasteiger partial charge in [-0.25, -0.2) is 9.07 Å². The number of benzene rings is 1. The van der Waals surface area contributed by atoms with Crippen molar-refractivity contribution >= 4 is 0 Å². The van der Waals surface area contributed by atoms with Crippen molar-refractivity contribution in [2.24, 2.45) is 5.41 Å². The van der Waals surface area contributed by atoms with Crippen LogP contribution in [-0.2, 0) is 6.54 Å². The van der Waals surface area contributed by atoms with Gasteiger partial charge >= 0.3 is 0 Å². The molecule has 0 saturated heterocycles. The average Bonchev–Trinajstić information content (AvgIpc) is 3.30. The zero-order valence-electron chi connectivity index (χ0n) is 12.4. The lowest BCUT2D eigenvalue weighted by atomic mass is 10.0. The number of hydrogen-bond acceptors (Lipinski definition) is 4. The van der Waals surface area contributed by atoms with E-state index in [9.17, 15) is 14.3 Å². The molecule has 0 amide bonds. The Morgan fingerprint density at radius 1 is 1.30 bits per heavy atom. The Balaban J connectivity index is 1.79. The Bertz CT molecular complexity index is 804. The summed E-state index contributed by atoms with van der Waals surface area (Å²) in [5.74, 6) is -0.344. The molecule has 1 atom stereocenters. The molecule has 1 heterocycles. The maximum absolute atomic E-state index is 13.0. The molecular weight excluding hydrogens is 297 g/mol. The van der Waals surface area contributed by atoms with Crippen molar-refractivity contribution in [3.63, 3.8) is 0 Å². The summed E-state index contributed by atoms with van der Waals surface area (Å²) < 4.78 is 14.2. The lowest BCUT2D eigenvalue weighted by Crippen LogP contribution is -2.29. The van der Waals surface area contributed by atoms with E-state index < -0.39 is 11.5 Å². The number of rotatable bonds is 5. The largest absolute Gasteiger partial charge is 0.391 e. The topological polar surface area (TPSA) is 78.9 Å². The Morgan fingerprint density at radius 3 is 2.61 bits per heavy atom. The fourth-order valence-corrected chi connectivity index (χ4v) is 2.58. The standard InChI is InChI=1S/C17H16FN3O2/c18-13-3-1-12(2-4-13)15-5-6-16(23)21(20-15)10-14(22)9-17(11-19)7-8-17/h1-6,14,22H,7-10H2. The van der Waals surface area contributed by atoms with Crippen molar-refractivity contribution in [2.75, 3.05) is 0 Å². The predicted octanol–water partition coefficient (Wildman–Crippen LogP) is 2.10. The van der Waals surface area contributed by atoms with E-state index in [1.807, 2.05) is 0 Å². The van der Waals surface area contributed by atoms with Crippen molar-refractivity contribution in [3.8, 4) is 17.3 Å². The monoisotopic (exact) mass is 313 g/mol. The molecule has 118 valence electrons. The smallest absolute Gasteiger partial charge is 0.266 e. The van der Waals surface area contributed by atoms with Crippen LogP contribution in [0.5, 0.6) is 0 Å². The second-order valence-electron chi connectivity index (χ2n) is 6.00. The van der Waals surface area contributed by atoms with Crippen molar-refractivity contribution in [2.45, 2.75) is 31.9 Å². The van der Waals surface area contributed by atoms with Crippen LogP contribution in [0.2, 0.25) is 0 Å². The highest BCUT2D eigenvalue weighted by Gasteiger charge is 2.44. The molecule has 0 radical (unpaired) electrons. The zero-order valence-corrected chi connectivity index (χ0v) is 12.4. The molecule has 0 spiro atoms. The predicted molar refractivity (Wildman–Crippen MR) is 81.8 cm³/mol. The Kier molecular flexibility index (Phi) is 3.97. The van der Waals surface area contributed by atoms with Gasteiger partial charge in [-0.15, -0.1) is 0 Å². The van der Waals surface area contributed by atoms with Crippen molar-refractivity contribution < 1.29 is 9.50 Å². The quantitative estimate of drug-likeness (QED) is 0.917. The molecule has 2 aromatic rings. The average molecular weight is 313 g/mol. The first kappa shape index (κ1) is 15.4. The molecule has 0 aliphatic heterocycles. The minimum Gasteiger partial charge on any atom is -0.391 e. The minimum atomic E-state index is -0.800. The van der Waals surface area contributed by atoms with Crippen molar-refractivity contribution in [1.82, 2.24) is 9.78 Å². The molecular formula is C17H16FN3O2. The van der Waals surface area contributed by atoms with Gasteiger partial charge in [0.05, 0.1) is 29.8 Å². The van der Waals surface area contributed by atoms with Gasteiger partial charge in [-0.3, -0.25) is 4.79 Å². The van der Waals surface area contributed by atoms with E-state index in [0.29, 0.717) is 17.7 Å². The lowest BCUT2D eigenvalue weighted by Gasteiger charge is -2.14. The van der Waals surface area contributed by atoms with Crippen LogP contribution >= 0.6 is 0 Å². The summed E-state index contributed by atoms with van der Waals surface area (Å²) >= 11 is 0. The molecule has 0 bridgehead atoms. The minimum absolute atomic E-state index is 0.0390. The van der Waals surface area contributed by atoms with Crippen molar-refractivity contribution in [3.05, 3.63) is 52.6 Å². The molecule has 1 fully saturated rings. The number of aliphatic hydroxyl groups is 1. The maximum atomic E-state index is 13.0. The molecule has 1 aromatic heterocycles. The normalized spacial score (nSPS) is 16.6. The number of nitriles is 1. The van der Waals surface area contributed by atoms with Gasteiger partial charge in [0.25, 0.3) is 5.56 Å². The van der Waals surface area contributed by atoms with Gasteiger partial charge in [0.2, 0.25) is 0 Å². The number of hydrogen-bond donors (Lipinski definition) is 1. The number of aliphatic hydroxyl groups excluding tert-OH is 1. The van der Waals surface area contributed by atoms with Gasteiger partial charge in [-0.05, 0) is 49.6 Å². The second-order valence-corrected chi connectivity index (χ2v) is 6.00. The molecule has 1 aliphatic rings. The SMILES string of the molecule is N#CC1(CC(O)Cn2nc(-c3ccc(F)cc3)ccc2=O)CC1. The zero-order chi connectivity index (χ0) is 16.4. The summed E-state index contributed by atoms with van der Waals surface area (Å²) in [5, 5.41) is 23.4. The van der Waals surface area contributed by atoms with E-state index in [2.05, 4.69) is 11.2 Å². The summed E-state index contributed by atoms with van der Waals surface area (Å²) in [4.78, 5) is 11.9. The molecule has 6 heteroatoms. The van der Waals surface area contributed by atoms with Gasteiger partial charge < -0.3 is 5.11 Å². The van der Waals surface area contributed by atoms with Gasteiger partial charge in [0, 0.05) is 11.6 Å². The summed E-state index contributed by atoms with van der Waals surface area (Å²) in [6, 6.07) is 11.0. The van der Waals surface area contributed by atoms with Crippen LogP contribution < -0.4 is 5.56 Å². The van der Waals surface area contributed by atoms with E-state index in [1.165, 1.54) is 22.9 Å². The molecule has 1 aliphatic carbocycles.